The molecule has 2 aromatic heterocycles. The van der Waals surface area contributed by atoms with Crippen molar-refractivity contribution in [1.29, 1.82) is 0 Å². The summed E-state index contributed by atoms with van der Waals surface area (Å²) < 4.78 is 6.15. The minimum absolute atomic E-state index is 0.105. The summed E-state index contributed by atoms with van der Waals surface area (Å²) in [5.74, 6) is -0.236. The number of amides is 2. The lowest BCUT2D eigenvalue weighted by Gasteiger charge is -2.16. The highest BCUT2D eigenvalue weighted by atomic mass is 79.9. The van der Waals surface area contributed by atoms with E-state index in [2.05, 4.69) is 31.4 Å². The molecule has 1 N–H and O–H groups in total. The number of anilines is 1. The van der Waals surface area contributed by atoms with Crippen molar-refractivity contribution >= 4 is 33.4 Å². The van der Waals surface area contributed by atoms with E-state index in [1.54, 1.807) is 36.7 Å². The van der Waals surface area contributed by atoms with Crippen LogP contribution in [-0.2, 0) is 4.79 Å². The average molecular weight is 429 g/mol. The number of halogens is 1. The zero-order valence-electron chi connectivity index (χ0n) is 14.8. The molecule has 0 atom stereocenters. The number of pyridine rings is 1. The fourth-order valence-electron chi connectivity index (χ4n) is 2.47. The van der Waals surface area contributed by atoms with Crippen molar-refractivity contribution in [3.63, 3.8) is 0 Å². The highest BCUT2D eigenvalue weighted by molar-refractivity contribution is 9.10. The van der Waals surface area contributed by atoms with Gasteiger partial charge in [-0.3, -0.25) is 14.6 Å². The Bertz CT molecular complexity index is 972. The van der Waals surface area contributed by atoms with Crippen LogP contribution in [0.1, 0.15) is 16.1 Å². The van der Waals surface area contributed by atoms with Gasteiger partial charge in [-0.05, 0) is 42.8 Å². The molecule has 2 amide bonds. The lowest BCUT2D eigenvalue weighted by molar-refractivity contribution is -0.116. The summed E-state index contributed by atoms with van der Waals surface area (Å²) in [6, 6.07) is 10.6. The normalized spacial score (nSPS) is 10.5. The first-order valence-corrected chi connectivity index (χ1v) is 8.92. The van der Waals surface area contributed by atoms with Crippen LogP contribution in [0.15, 0.2) is 57.8 Å². The fourth-order valence-corrected chi connectivity index (χ4v) is 2.94. The second-order valence-electron chi connectivity index (χ2n) is 5.98. The molecular weight excluding hydrogens is 412 g/mol. The van der Waals surface area contributed by atoms with Crippen LogP contribution in [0, 0.1) is 6.92 Å². The summed E-state index contributed by atoms with van der Waals surface area (Å²) in [6.07, 6.45) is 3.25. The molecule has 0 unspecified atom stereocenters. The molecule has 2 heterocycles. The minimum atomic E-state index is -0.401. The minimum Gasteiger partial charge on any atom is -0.355 e. The van der Waals surface area contributed by atoms with Crippen molar-refractivity contribution in [1.82, 2.24) is 15.0 Å². The predicted octanol–water partition coefficient (Wildman–Crippen LogP) is 3.52. The van der Waals surface area contributed by atoms with Crippen molar-refractivity contribution in [3.8, 4) is 11.3 Å². The van der Waals surface area contributed by atoms with Gasteiger partial charge in [0.1, 0.15) is 0 Å². The number of carbonyl (C=O) groups excluding carboxylic acids is 2. The quantitative estimate of drug-likeness (QED) is 0.671. The van der Waals surface area contributed by atoms with Gasteiger partial charge in [0.15, 0.2) is 11.5 Å². The molecule has 0 aliphatic rings. The van der Waals surface area contributed by atoms with Crippen molar-refractivity contribution in [2.24, 2.45) is 0 Å². The van der Waals surface area contributed by atoms with Crippen LogP contribution in [0.4, 0.5) is 5.69 Å². The molecule has 0 spiro atoms. The molecule has 7 nitrogen and oxygen atoms in total. The van der Waals surface area contributed by atoms with E-state index < -0.39 is 5.91 Å². The van der Waals surface area contributed by atoms with Gasteiger partial charge in [-0.15, -0.1) is 0 Å². The predicted molar refractivity (Wildman–Crippen MR) is 104 cm³/mol. The smallest absolute Gasteiger partial charge is 0.276 e. The van der Waals surface area contributed by atoms with Crippen molar-refractivity contribution in [3.05, 3.63) is 64.5 Å². The highest BCUT2D eigenvalue weighted by Gasteiger charge is 2.20. The van der Waals surface area contributed by atoms with Crippen LogP contribution in [0.25, 0.3) is 11.3 Å². The maximum Gasteiger partial charge on any atom is 0.276 e. The summed E-state index contributed by atoms with van der Waals surface area (Å²) in [5.41, 5.74) is 2.52. The number of hydrogen-bond acceptors (Lipinski definition) is 5. The number of nitrogens with zero attached hydrogens (tertiary/aromatic N) is 3. The van der Waals surface area contributed by atoms with Gasteiger partial charge >= 0.3 is 0 Å². The van der Waals surface area contributed by atoms with Crippen molar-refractivity contribution in [2.75, 3.05) is 18.9 Å². The van der Waals surface area contributed by atoms with Gasteiger partial charge in [0.25, 0.3) is 5.91 Å². The number of benzene rings is 1. The maximum atomic E-state index is 12.5. The van der Waals surface area contributed by atoms with Crippen LogP contribution in [-0.4, -0.2) is 40.4 Å². The number of aromatic nitrogens is 2. The zero-order chi connectivity index (χ0) is 19.4. The Morgan fingerprint density at radius 2 is 1.93 bits per heavy atom. The number of aryl methyl sites for hydroxylation is 1. The Labute approximate surface area is 164 Å². The summed E-state index contributed by atoms with van der Waals surface area (Å²) in [4.78, 5) is 30.0. The number of hydrogen-bond donors (Lipinski definition) is 1. The molecule has 0 bridgehead atoms. The van der Waals surface area contributed by atoms with Crippen LogP contribution in [0.2, 0.25) is 0 Å². The van der Waals surface area contributed by atoms with E-state index in [0.717, 1.165) is 15.6 Å². The average Bonchev–Trinajstić information content (AvgIpc) is 3.14. The van der Waals surface area contributed by atoms with Crippen LogP contribution in [0.5, 0.6) is 0 Å². The van der Waals surface area contributed by atoms with Crippen molar-refractivity contribution in [2.45, 2.75) is 6.92 Å². The van der Waals surface area contributed by atoms with E-state index in [-0.39, 0.29) is 18.1 Å². The molecule has 0 saturated carbocycles. The number of nitrogens with one attached hydrogen (secondary N) is 1. The van der Waals surface area contributed by atoms with E-state index in [1.807, 2.05) is 19.1 Å². The topological polar surface area (TPSA) is 88.3 Å². The monoisotopic (exact) mass is 428 g/mol. The summed E-state index contributed by atoms with van der Waals surface area (Å²) >= 11 is 3.38. The fraction of sp³-hybridized carbons (Fsp3) is 0.158. The Kier molecular flexibility index (Phi) is 5.66. The maximum absolute atomic E-state index is 12.5. The van der Waals surface area contributed by atoms with E-state index >= 15 is 0 Å². The standard InChI is InChI=1S/C19H17BrN4O3/c1-12-9-14(20)3-4-15(12)22-18(25)11-24(2)19(26)16-10-17(27-23-16)13-5-7-21-8-6-13/h3-10H,11H2,1-2H3,(H,22,25). The molecule has 0 aliphatic carbocycles. The van der Waals surface area contributed by atoms with Crippen LogP contribution < -0.4 is 5.32 Å². The van der Waals surface area contributed by atoms with Gasteiger partial charge in [-0.1, -0.05) is 21.1 Å². The van der Waals surface area contributed by atoms with Gasteiger partial charge in [0.05, 0.1) is 6.54 Å². The third-order valence-electron chi connectivity index (χ3n) is 3.88. The Balaban J connectivity index is 1.63. The molecule has 3 aromatic rings. The van der Waals surface area contributed by atoms with Crippen LogP contribution >= 0.6 is 15.9 Å². The zero-order valence-corrected chi connectivity index (χ0v) is 16.4. The SMILES string of the molecule is Cc1cc(Br)ccc1NC(=O)CN(C)C(=O)c1cc(-c2ccncc2)on1. The molecule has 0 radical (unpaired) electrons. The molecule has 0 fully saturated rings. The molecule has 8 heteroatoms. The molecule has 0 saturated heterocycles. The van der Waals surface area contributed by atoms with Gasteiger partial charge in [0.2, 0.25) is 5.91 Å². The molecule has 1 aromatic carbocycles. The molecular formula is C19H17BrN4O3. The molecule has 138 valence electrons. The number of rotatable bonds is 5. The molecule has 27 heavy (non-hydrogen) atoms. The van der Waals surface area contributed by atoms with E-state index in [1.165, 1.54) is 11.9 Å². The van der Waals surface area contributed by atoms with Gasteiger partial charge in [-0.2, -0.15) is 0 Å². The third kappa shape index (κ3) is 4.59. The Hall–Kier alpha value is -3.00. The lowest BCUT2D eigenvalue weighted by Crippen LogP contribution is -2.35. The van der Waals surface area contributed by atoms with Gasteiger partial charge < -0.3 is 14.7 Å². The Morgan fingerprint density at radius 1 is 1.19 bits per heavy atom. The summed E-state index contributed by atoms with van der Waals surface area (Å²) in [5, 5.41) is 6.61. The van der Waals surface area contributed by atoms with E-state index in [0.29, 0.717) is 11.4 Å². The first kappa shape index (κ1) is 18.8. The first-order valence-electron chi connectivity index (χ1n) is 8.12. The van der Waals surface area contributed by atoms with Gasteiger partial charge in [-0.25, -0.2) is 0 Å². The summed E-state index contributed by atoms with van der Waals surface area (Å²) in [6.45, 7) is 1.79. The Morgan fingerprint density at radius 3 is 2.63 bits per heavy atom. The number of likely N-dealkylation sites (N-methyl/N-ethyl adjacent to an activating group) is 1. The first-order chi connectivity index (χ1) is 12.9. The largest absolute Gasteiger partial charge is 0.355 e. The highest BCUT2D eigenvalue weighted by Crippen LogP contribution is 2.21. The second kappa shape index (κ2) is 8.13. The van der Waals surface area contributed by atoms with Crippen LogP contribution in [0.3, 0.4) is 0 Å². The third-order valence-corrected chi connectivity index (χ3v) is 4.38. The molecule has 3 rings (SSSR count). The molecule has 0 aliphatic heterocycles. The lowest BCUT2D eigenvalue weighted by atomic mass is 10.2. The van der Waals surface area contributed by atoms with Gasteiger partial charge in [0, 0.05) is 41.2 Å². The van der Waals surface area contributed by atoms with E-state index in [4.69, 9.17) is 4.52 Å². The van der Waals surface area contributed by atoms with E-state index in [9.17, 15) is 9.59 Å². The summed E-state index contributed by atoms with van der Waals surface area (Å²) in [7, 11) is 1.54. The second-order valence-corrected chi connectivity index (χ2v) is 6.90. The van der Waals surface area contributed by atoms with Crippen molar-refractivity contribution < 1.29 is 14.1 Å². The number of carbonyl (C=O) groups is 2.